The summed E-state index contributed by atoms with van der Waals surface area (Å²) in [6.45, 7) is 5.03. The summed E-state index contributed by atoms with van der Waals surface area (Å²) in [5.41, 5.74) is 4.91. The molecular formula is C21H22N4S. The Bertz CT molecular complexity index is 930. The Balaban J connectivity index is 1.36. The second kappa shape index (κ2) is 6.56. The summed E-state index contributed by atoms with van der Waals surface area (Å²) in [6.07, 6.45) is 5.62. The summed E-state index contributed by atoms with van der Waals surface area (Å²) in [4.78, 5) is 18.1. The molecule has 0 bridgehead atoms. The van der Waals surface area contributed by atoms with E-state index < -0.39 is 0 Å². The number of nitrogens with zero attached hydrogens (tertiary/aromatic N) is 4. The zero-order chi connectivity index (χ0) is 17.5. The Morgan fingerprint density at radius 1 is 1.15 bits per heavy atom. The number of benzene rings is 1. The largest absolute Gasteiger partial charge is 0.293 e. The first-order valence-electron chi connectivity index (χ1n) is 9.35. The van der Waals surface area contributed by atoms with Crippen LogP contribution in [-0.2, 0) is 19.5 Å². The van der Waals surface area contributed by atoms with Gasteiger partial charge in [-0.15, -0.1) is 11.3 Å². The zero-order valence-corrected chi connectivity index (χ0v) is 15.8. The van der Waals surface area contributed by atoms with Crippen LogP contribution in [0.1, 0.15) is 45.7 Å². The number of fused-ring (bicyclic) bond motifs is 1. The highest BCUT2D eigenvalue weighted by atomic mass is 32.1. The molecule has 0 atom stereocenters. The molecule has 3 heterocycles. The van der Waals surface area contributed by atoms with E-state index in [-0.39, 0.29) is 0 Å². The molecule has 1 aliphatic carbocycles. The molecule has 0 saturated heterocycles. The minimum absolute atomic E-state index is 0.631. The van der Waals surface area contributed by atoms with Crippen LogP contribution in [0.2, 0.25) is 0 Å². The van der Waals surface area contributed by atoms with Crippen molar-refractivity contribution in [1.82, 2.24) is 19.9 Å². The standard InChI is InChI=1S/C21H22N4S/c1-14-23-20(15-5-3-2-4-6-15)19(26-14)13-25-10-9-18-17(12-25)11-22-21(24-18)16-7-8-16/h2-6,11,16H,7-10,12-13H2,1H3. The monoisotopic (exact) mass is 362 g/mol. The average Bonchev–Trinajstić information content (AvgIpc) is 3.45. The average molecular weight is 363 g/mol. The Hall–Kier alpha value is -2.11. The third kappa shape index (κ3) is 3.17. The van der Waals surface area contributed by atoms with Crippen LogP contribution in [0.3, 0.4) is 0 Å². The molecule has 2 aromatic heterocycles. The Morgan fingerprint density at radius 3 is 2.81 bits per heavy atom. The molecule has 0 spiro atoms. The minimum atomic E-state index is 0.631. The zero-order valence-electron chi connectivity index (χ0n) is 15.0. The van der Waals surface area contributed by atoms with Crippen LogP contribution >= 0.6 is 11.3 Å². The lowest BCUT2D eigenvalue weighted by atomic mass is 10.1. The normalized spacial score (nSPS) is 17.3. The second-order valence-electron chi connectivity index (χ2n) is 7.31. The smallest absolute Gasteiger partial charge is 0.131 e. The molecule has 1 saturated carbocycles. The van der Waals surface area contributed by atoms with Crippen LogP contribution in [-0.4, -0.2) is 26.4 Å². The first-order valence-corrected chi connectivity index (χ1v) is 10.2. The Kier molecular flexibility index (Phi) is 4.06. The van der Waals surface area contributed by atoms with Gasteiger partial charge in [0.25, 0.3) is 0 Å². The Labute approximate surface area is 158 Å². The minimum Gasteiger partial charge on any atom is -0.293 e. The summed E-state index contributed by atoms with van der Waals surface area (Å²) in [6, 6.07) is 10.5. The second-order valence-corrected chi connectivity index (χ2v) is 8.59. The van der Waals surface area contributed by atoms with Crippen molar-refractivity contribution in [2.75, 3.05) is 6.54 Å². The van der Waals surface area contributed by atoms with Crippen molar-refractivity contribution in [2.45, 2.75) is 45.2 Å². The van der Waals surface area contributed by atoms with Gasteiger partial charge in [0, 0.05) is 59.9 Å². The first-order chi connectivity index (χ1) is 12.8. The van der Waals surface area contributed by atoms with E-state index in [0.717, 1.165) is 42.6 Å². The fraction of sp³-hybridized carbons (Fsp3) is 0.381. The number of hydrogen-bond donors (Lipinski definition) is 0. The molecule has 5 rings (SSSR count). The molecule has 2 aliphatic rings. The number of rotatable bonds is 4. The molecule has 1 fully saturated rings. The van der Waals surface area contributed by atoms with Gasteiger partial charge >= 0.3 is 0 Å². The molecule has 0 N–H and O–H groups in total. The van der Waals surface area contributed by atoms with Gasteiger partial charge in [0.2, 0.25) is 0 Å². The number of thiazole rings is 1. The van der Waals surface area contributed by atoms with Crippen molar-refractivity contribution in [3.63, 3.8) is 0 Å². The van der Waals surface area contributed by atoms with Crippen molar-refractivity contribution in [1.29, 1.82) is 0 Å². The van der Waals surface area contributed by atoms with Crippen LogP contribution < -0.4 is 0 Å². The van der Waals surface area contributed by atoms with Gasteiger partial charge in [0.15, 0.2) is 0 Å². The van der Waals surface area contributed by atoms with Crippen molar-refractivity contribution < 1.29 is 0 Å². The third-order valence-electron chi connectivity index (χ3n) is 5.19. The lowest BCUT2D eigenvalue weighted by molar-refractivity contribution is 0.245. The molecular weight excluding hydrogens is 340 g/mol. The highest BCUT2D eigenvalue weighted by Crippen LogP contribution is 2.38. The summed E-state index contributed by atoms with van der Waals surface area (Å²) in [5.74, 6) is 1.70. The van der Waals surface area contributed by atoms with Gasteiger partial charge in [0.05, 0.1) is 10.7 Å². The SMILES string of the molecule is Cc1nc(-c2ccccc2)c(CN2CCc3nc(C4CC4)ncc3C2)s1. The van der Waals surface area contributed by atoms with E-state index in [1.807, 2.05) is 11.3 Å². The van der Waals surface area contributed by atoms with Crippen LogP contribution in [0.5, 0.6) is 0 Å². The van der Waals surface area contributed by atoms with E-state index in [1.165, 1.54) is 34.5 Å². The Morgan fingerprint density at radius 2 is 2.00 bits per heavy atom. The molecule has 0 amide bonds. The van der Waals surface area contributed by atoms with E-state index in [0.29, 0.717) is 5.92 Å². The molecule has 5 heteroatoms. The van der Waals surface area contributed by atoms with E-state index in [2.05, 4.69) is 53.3 Å². The first kappa shape index (κ1) is 16.1. The number of hydrogen-bond acceptors (Lipinski definition) is 5. The van der Waals surface area contributed by atoms with E-state index in [9.17, 15) is 0 Å². The maximum atomic E-state index is 4.84. The summed E-state index contributed by atoms with van der Waals surface area (Å²) < 4.78 is 0. The van der Waals surface area contributed by atoms with Gasteiger partial charge in [-0.1, -0.05) is 30.3 Å². The highest BCUT2D eigenvalue weighted by Gasteiger charge is 2.28. The molecule has 4 nitrogen and oxygen atoms in total. The van der Waals surface area contributed by atoms with Gasteiger partial charge in [-0.25, -0.2) is 15.0 Å². The van der Waals surface area contributed by atoms with Crippen LogP contribution in [0.15, 0.2) is 36.5 Å². The van der Waals surface area contributed by atoms with Gasteiger partial charge < -0.3 is 0 Å². The summed E-state index contributed by atoms with van der Waals surface area (Å²) >= 11 is 1.81. The number of aryl methyl sites for hydroxylation is 1. The van der Waals surface area contributed by atoms with Crippen molar-refractivity contribution >= 4 is 11.3 Å². The molecule has 1 aliphatic heterocycles. The fourth-order valence-electron chi connectivity index (χ4n) is 3.66. The van der Waals surface area contributed by atoms with Crippen LogP contribution in [0.25, 0.3) is 11.3 Å². The molecule has 26 heavy (non-hydrogen) atoms. The topological polar surface area (TPSA) is 41.9 Å². The molecule has 0 radical (unpaired) electrons. The molecule has 1 aromatic carbocycles. The van der Waals surface area contributed by atoms with E-state index in [1.54, 1.807) is 0 Å². The predicted molar refractivity (Wildman–Crippen MR) is 104 cm³/mol. The third-order valence-corrected chi connectivity index (χ3v) is 6.15. The predicted octanol–water partition coefficient (Wildman–Crippen LogP) is 4.34. The van der Waals surface area contributed by atoms with Crippen molar-refractivity contribution in [3.05, 3.63) is 63.5 Å². The van der Waals surface area contributed by atoms with Crippen molar-refractivity contribution in [3.8, 4) is 11.3 Å². The lowest BCUT2D eigenvalue weighted by Gasteiger charge is -2.27. The van der Waals surface area contributed by atoms with E-state index >= 15 is 0 Å². The molecule has 132 valence electrons. The van der Waals surface area contributed by atoms with Gasteiger partial charge in [0.1, 0.15) is 5.82 Å². The summed E-state index contributed by atoms with van der Waals surface area (Å²) in [7, 11) is 0. The number of aromatic nitrogens is 3. The van der Waals surface area contributed by atoms with Crippen molar-refractivity contribution in [2.24, 2.45) is 0 Å². The highest BCUT2D eigenvalue weighted by molar-refractivity contribution is 7.12. The molecule has 0 unspecified atom stereocenters. The van der Waals surface area contributed by atoms with Crippen LogP contribution in [0.4, 0.5) is 0 Å². The fourth-order valence-corrected chi connectivity index (χ4v) is 4.67. The summed E-state index contributed by atoms with van der Waals surface area (Å²) in [5, 5.41) is 1.13. The quantitative estimate of drug-likeness (QED) is 0.692. The van der Waals surface area contributed by atoms with Gasteiger partial charge in [-0.3, -0.25) is 4.90 Å². The van der Waals surface area contributed by atoms with Gasteiger partial charge in [-0.2, -0.15) is 0 Å². The van der Waals surface area contributed by atoms with E-state index in [4.69, 9.17) is 9.97 Å². The molecule has 3 aromatic rings. The lowest BCUT2D eigenvalue weighted by Crippen LogP contribution is -2.31. The maximum absolute atomic E-state index is 4.84. The maximum Gasteiger partial charge on any atom is 0.131 e. The van der Waals surface area contributed by atoms with Gasteiger partial charge in [-0.05, 0) is 19.8 Å². The van der Waals surface area contributed by atoms with Crippen LogP contribution in [0, 0.1) is 6.92 Å².